The summed E-state index contributed by atoms with van der Waals surface area (Å²) in [7, 11) is 0. The summed E-state index contributed by atoms with van der Waals surface area (Å²) in [5.41, 5.74) is 1.20. The molecule has 0 radical (unpaired) electrons. The summed E-state index contributed by atoms with van der Waals surface area (Å²) >= 11 is 4.48. The van der Waals surface area contributed by atoms with Crippen LogP contribution in [0.4, 0.5) is 0 Å². The third-order valence-corrected chi connectivity index (χ3v) is 2.10. The van der Waals surface area contributed by atoms with Gasteiger partial charge in [0.1, 0.15) is 5.82 Å². The van der Waals surface area contributed by atoms with E-state index in [0.717, 1.165) is 25.3 Å². The van der Waals surface area contributed by atoms with Crippen LogP contribution in [0.2, 0.25) is 0 Å². The van der Waals surface area contributed by atoms with Crippen LogP contribution < -0.4 is 0 Å². The Bertz CT molecular complexity index is 304. The minimum absolute atomic E-state index is 0.751. The number of aryl methyl sites for hydroxylation is 2. The van der Waals surface area contributed by atoms with E-state index in [-0.39, 0.29) is 0 Å². The van der Waals surface area contributed by atoms with Gasteiger partial charge in [0.15, 0.2) is 0 Å². The number of hydrogen-bond acceptors (Lipinski definition) is 3. The molecule has 0 fully saturated rings. The van der Waals surface area contributed by atoms with Crippen LogP contribution in [0.3, 0.4) is 0 Å². The van der Waals surface area contributed by atoms with E-state index in [1.165, 1.54) is 5.69 Å². The van der Waals surface area contributed by atoms with Crippen molar-refractivity contribution in [3.05, 3.63) is 17.7 Å². The van der Waals surface area contributed by atoms with E-state index in [4.69, 9.17) is 0 Å². The summed E-state index contributed by atoms with van der Waals surface area (Å²) in [6.45, 7) is 5.77. The first-order valence-electron chi connectivity index (χ1n) is 4.28. The minimum atomic E-state index is 0.751. The van der Waals surface area contributed by atoms with Crippen molar-refractivity contribution in [1.82, 2.24) is 9.55 Å². The van der Waals surface area contributed by atoms with Crippen LogP contribution in [-0.4, -0.2) is 21.3 Å². The summed E-state index contributed by atoms with van der Waals surface area (Å²) in [6, 6.07) is 0. The molecular formula is C9H13N3S. The van der Waals surface area contributed by atoms with Crippen LogP contribution in [0.1, 0.15) is 17.9 Å². The van der Waals surface area contributed by atoms with Crippen molar-refractivity contribution >= 4 is 17.4 Å². The molecule has 0 saturated heterocycles. The monoisotopic (exact) mass is 195 g/mol. The summed E-state index contributed by atoms with van der Waals surface area (Å²) in [5.74, 6) is 1.06. The zero-order chi connectivity index (χ0) is 9.68. The molecule has 0 saturated carbocycles. The lowest BCUT2D eigenvalue weighted by atomic mass is 10.4. The van der Waals surface area contributed by atoms with Gasteiger partial charge >= 0.3 is 0 Å². The molecule has 1 heterocycles. The highest BCUT2D eigenvalue weighted by atomic mass is 32.1. The maximum atomic E-state index is 4.48. The zero-order valence-electron chi connectivity index (χ0n) is 7.95. The second kappa shape index (κ2) is 4.90. The molecule has 1 aromatic heterocycles. The Balaban J connectivity index is 2.49. The largest absolute Gasteiger partial charge is 0.333 e. The van der Waals surface area contributed by atoms with Crippen molar-refractivity contribution in [1.29, 1.82) is 0 Å². The Labute approximate surface area is 83.5 Å². The molecule has 0 aliphatic rings. The van der Waals surface area contributed by atoms with Crippen LogP contribution in [0.25, 0.3) is 0 Å². The van der Waals surface area contributed by atoms with Crippen LogP contribution in [0.15, 0.2) is 11.2 Å². The molecule has 0 unspecified atom stereocenters. The third-order valence-electron chi connectivity index (χ3n) is 1.97. The van der Waals surface area contributed by atoms with Crippen LogP contribution in [0.5, 0.6) is 0 Å². The molecule has 0 spiro atoms. The van der Waals surface area contributed by atoms with Gasteiger partial charge in [-0.25, -0.2) is 9.98 Å². The van der Waals surface area contributed by atoms with Gasteiger partial charge in [-0.3, -0.25) is 0 Å². The van der Waals surface area contributed by atoms with E-state index in [9.17, 15) is 0 Å². The van der Waals surface area contributed by atoms with Crippen molar-refractivity contribution in [2.24, 2.45) is 4.99 Å². The highest BCUT2D eigenvalue weighted by molar-refractivity contribution is 7.78. The fraction of sp³-hybridized carbons (Fsp3) is 0.556. The number of imidazole rings is 1. The molecule has 0 N–H and O–H groups in total. The second-order valence-corrected chi connectivity index (χ2v) is 3.11. The maximum absolute atomic E-state index is 4.48. The van der Waals surface area contributed by atoms with Crippen molar-refractivity contribution in [3.63, 3.8) is 0 Å². The fourth-order valence-corrected chi connectivity index (χ4v) is 1.36. The Morgan fingerprint density at radius 3 is 2.92 bits per heavy atom. The van der Waals surface area contributed by atoms with Gasteiger partial charge in [0.2, 0.25) is 0 Å². The smallest absolute Gasteiger partial charge is 0.105 e. The molecule has 0 atom stereocenters. The Morgan fingerprint density at radius 1 is 1.62 bits per heavy atom. The van der Waals surface area contributed by atoms with E-state index in [2.05, 4.69) is 38.8 Å². The summed E-state index contributed by atoms with van der Waals surface area (Å²) < 4.78 is 2.18. The first kappa shape index (κ1) is 10.1. The highest BCUT2D eigenvalue weighted by Gasteiger charge is 2.00. The molecule has 70 valence electrons. The first-order chi connectivity index (χ1) is 6.25. The Kier molecular flexibility index (Phi) is 3.80. The van der Waals surface area contributed by atoms with Gasteiger partial charge < -0.3 is 4.57 Å². The van der Waals surface area contributed by atoms with Gasteiger partial charge in [0, 0.05) is 18.4 Å². The quantitative estimate of drug-likeness (QED) is 0.418. The number of aliphatic imine (C=N–C) groups is 1. The Morgan fingerprint density at radius 2 is 2.38 bits per heavy atom. The number of isothiocyanates is 1. The van der Waals surface area contributed by atoms with E-state index >= 15 is 0 Å². The fourth-order valence-electron chi connectivity index (χ4n) is 1.27. The maximum Gasteiger partial charge on any atom is 0.105 e. The normalized spacial score (nSPS) is 9.69. The molecule has 0 aliphatic carbocycles. The molecule has 3 nitrogen and oxygen atoms in total. The molecule has 4 heteroatoms. The van der Waals surface area contributed by atoms with Gasteiger partial charge in [-0.1, -0.05) is 0 Å². The number of thiocarbonyl (C=S) groups is 1. The van der Waals surface area contributed by atoms with Gasteiger partial charge in [-0.2, -0.15) is 0 Å². The van der Waals surface area contributed by atoms with E-state index in [1.54, 1.807) is 0 Å². The van der Waals surface area contributed by atoms with Gasteiger partial charge in [0.05, 0.1) is 11.7 Å². The number of hydrogen-bond donors (Lipinski definition) is 0. The van der Waals surface area contributed by atoms with Crippen LogP contribution >= 0.6 is 12.2 Å². The SMILES string of the molecule is Cc1cnc(C)n1CCCN=C=S. The van der Waals surface area contributed by atoms with Crippen LogP contribution in [0, 0.1) is 13.8 Å². The molecule has 13 heavy (non-hydrogen) atoms. The number of nitrogens with zero attached hydrogens (tertiary/aromatic N) is 3. The molecular weight excluding hydrogens is 182 g/mol. The number of aromatic nitrogens is 2. The minimum Gasteiger partial charge on any atom is -0.333 e. The van der Waals surface area contributed by atoms with E-state index < -0.39 is 0 Å². The lowest BCUT2D eigenvalue weighted by molar-refractivity contribution is 0.621. The molecule has 0 amide bonds. The van der Waals surface area contributed by atoms with E-state index in [0.29, 0.717) is 0 Å². The average molecular weight is 195 g/mol. The standard InChI is InChI=1S/C9H13N3S/c1-8-6-11-9(2)12(8)5-3-4-10-7-13/h6H,3-5H2,1-2H3. The van der Waals surface area contributed by atoms with E-state index in [1.807, 2.05) is 13.1 Å². The highest BCUT2D eigenvalue weighted by Crippen LogP contribution is 2.03. The predicted octanol–water partition coefficient (Wildman–Crippen LogP) is 1.99. The topological polar surface area (TPSA) is 30.2 Å². The first-order valence-corrected chi connectivity index (χ1v) is 4.69. The van der Waals surface area contributed by atoms with Gasteiger partial charge in [0.25, 0.3) is 0 Å². The molecule has 1 rings (SSSR count). The van der Waals surface area contributed by atoms with Gasteiger partial charge in [-0.15, -0.1) is 0 Å². The molecule has 0 aromatic carbocycles. The van der Waals surface area contributed by atoms with Crippen molar-refractivity contribution in [3.8, 4) is 0 Å². The molecule has 1 aromatic rings. The zero-order valence-corrected chi connectivity index (χ0v) is 8.77. The lowest BCUT2D eigenvalue weighted by Gasteiger charge is -2.05. The third kappa shape index (κ3) is 2.76. The summed E-state index contributed by atoms with van der Waals surface area (Å²) in [6.07, 6.45) is 2.87. The number of rotatable bonds is 4. The Hall–Kier alpha value is -0.990. The second-order valence-electron chi connectivity index (χ2n) is 2.92. The molecule has 0 bridgehead atoms. The van der Waals surface area contributed by atoms with Crippen molar-refractivity contribution < 1.29 is 0 Å². The van der Waals surface area contributed by atoms with Gasteiger partial charge in [-0.05, 0) is 32.5 Å². The van der Waals surface area contributed by atoms with Crippen molar-refractivity contribution in [2.45, 2.75) is 26.8 Å². The predicted molar refractivity (Wildman–Crippen MR) is 56.2 cm³/mol. The molecule has 0 aliphatic heterocycles. The average Bonchev–Trinajstić information content (AvgIpc) is 2.42. The summed E-state index contributed by atoms with van der Waals surface area (Å²) in [5, 5.41) is 2.36. The summed E-state index contributed by atoms with van der Waals surface area (Å²) in [4.78, 5) is 8.07. The lowest BCUT2D eigenvalue weighted by Crippen LogP contribution is -2.03. The van der Waals surface area contributed by atoms with Crippen molar-refractivity contribution in [2.75, 3.05) is 6.54 Å². The van der Waals surface area contributed by atoms with Crippen LogP contribution in [-0.2, 0) is 6.54 Å².